The highest BCUT2D eigenvalue weighted by Crippen LogP contribution is 2.28. The molecule has 0 saturated carbocycles. The Morgan fingerprint density at radius 1 is 1.41 bits per heavy atom. The molecule has 1 heterocycles. The molecule has 17 heavy (non-hydrogen) atoms. The minimum absolute atomic E-state index is 0.0896. The van der Waals surface area contributed by atoms with Gasteiger partial charge in [0.05, 0.1) is 5.69 Å². The zero-order valence-electron chi connectivity index (χ0n) is 9.56. The number of anilines is 2. The molecular formula is C10H14N4O2S. The van der Waals surface area contributed by atoms with E-state index in [9.17, 15) is 8.42 Å². The average Bonchev–Trinajstić information content (AvgIpc) is 2.17. The molecule has 0 atom stereocenters. The third-order valence-corrected chi connectivity index (χ3v) is 3.49. The van der Waals surface area contributed by atoms with Gasteiger partial charge < -0.3 is 16.4 Å². The first-order valence-corrected chi connectivity index (χ1v) is 6.60. The van der Waals surface area contributed by atoms with Gasteiger partial charge in [0.1, 0.15) is 4.90 Å². The lowest BCUT2D eigenvalue weighted by atomic mass is 10.3. The van der Waals surface area contributed by atoms with E-state index >= 15 is 0 Å². The minimum atomic E-state index is -3.68. The lowest BCUT2D eigenvalue weighted by molar-refractivity contribution is 0.597. The van der Waals surface area contributed by atoms with Gasteiger partial charge in [-0.05, 0) is 32.0 Å². The highest BCUT2D eigenvalue weighted by atomic mass is 32.2. The number of benzene rings is 1. The summed E-state index contributed by atoms with van der Waals surface area (Å²) < 4.78 is 27.4. The maximum Gasteiger partial charge on any atom is 0.287 e. The van der Waals surface area contributed by atoms with Crippen LogP contribution in [0.15, 0.2) is 27.5 Å². The van der Waals surface area contributed by atoms with Gasteiger partial charge >= 0.3 is 0 Å². The number of rotatable bonds is 1. The first kappa shape index (κ1) is 11.7. The van der Waals surface area contributed by atoms with E-state index in [0.29, 0.717) is 11.4 Å². The molecule has 4 N–H and O–H groups in total. The van der Waals surface area contributed by atoms with E-state index in [1.165, 1.54) is 6.07 Å². The molecular weight excluding hydrogens is 240 g/mol. The quantitative estimate of drug-likeness (QED) is 0.642. The second-order valence-electron chi connectivity index (χ2n) is 4.09. The molecule has 1 aromatic carbocycles. The van der Waals surface area contributed by atoms with Gasteiger partial charge in [-0.15, -0.1) is 4.40 Å². The van der Waals surface area contributed by atoms with Crippen molar-refractivity contribution in [2.75, 3.05) is 11.1 Å². The molecule has 0 aromatic heterocycles. The normalized spacial score (nSPS) is 17.0. The molecule has 0 amide bonds. The van der Waals surface area contributed by atoms with Crippen molar-refractivity contribution in [1.82, 2.24) is 5.32 Å². The number of nitrogen functional groups attached to an aromatic ring is 1. The Morgan fingerprint density at radius 3 is 2.76 bits per heavy atom. The Labute approximate surface area is 100.0 Å². The Hall–Kier alpha value is -1.76. The van der Waals surface area contributed by atoms with Crippen LogP contribution in [0.1, 0.15) is 13.8 Å². The molecule has 0 unspecified atom stereocenters. The van der Waals surface area contributed by atoms with Gasteiger partial charge in [0, 0.05) is 11.7 Å². The van der Waals surface area contributed by atoms with E-state index < -0.39 is 10.0 Å². The Bertz CT molecular complexity index is 578. The van der Waals surface area contributed by atoms with Crippen LogP contribution in [0.2, 0.25) is 0 Å². The smallest absolute Gasteiger partial charge is 0.287 e. The molecule has 1 aromatic rings. The van der Waals surface area contributed by atoms with E-state index in [1.54, 1.807) is 12.1 Å². The highest BCUT2D eigenvalue weighted by molar-refractivity contribution is 7.90. The van der Waals surface area contributed by atoms with Crippen molar-refractivity contribution >= 4 is 27.4 Å². The average molecular weight is 254 g/mol. The van der Waals surface area contributed by atoms with Crippen molar-refractivity contribution < 1.29 is 8.42 Å². The Morgan fingerprint density at radius 2 is 2.12 bits per heavy atom. The van der Waals surface area contributed by atoms with Crippen molar-refractivity contribution in [2.24, 2.45) is 4.40 Å². The van der Waals surface area contributed by atoms with Crippen LogP contribution in [0.25, 0.3) is 0 Å². The lowest BCUT2D eigenvalue weighted by Gasteiger charge is -2.20. The second kappa shape index (κ2) is 3.92. The standard InChI is InChI=1S/C10H14N4O2S/c1-6(2)12-10-13-8-4-3-7(11)5-9(8)17(15,16)14-10/h3-6H,11H2,1-2H3,(H2,12,13,14). The molecule has 0 spiro atoms. The first-order valence-electron chi connectivity index (χ1n) is 5.16. The van der Waals surface area contributed by atoms with Gasteiger partial charge in [0.25, 0.3) is 10.0 Å². The summed E-state index contributed by atoms with van der Waals surface area (Å²) in [6.45, 7) is 3.80. The number of guanidine groups is 1. The maximum absolute atomic E-state index is 11.9. The molecule has 2 rings (SSSR count). The van der Waals surface area contributed by atoms with Crippen molar-refractivity contribution in [1.29, 1.82) is 0 Å². The van der Waals surface area contributed by atoms with Crippen LogP contribution >= 0.6 is 0 Å². The lowest BCUT2D eigenvalue weighted by Crippen LogP contribution is -2.38. The third kappa shape index (κ3) is 2.33. The van der Waals surface area contributed by atoms with Crippen LogP contribution in [0.3, 0.4) is 0 Å². The van der Waals surface area contributed by atoms with Gasteiger partial charge in [-0.3, -0.25) is 0 Å². The number of nitrogens with zero attached hydrogens (tertiary/aromatic N) is 1. The summed E-state index contributed by atoms with van der Waals surface area (Å²) in [5.41, 5.74) is 6.44. The summed E-state index contributed by atoms with van der Waals surface area (Å²) in [6, 6.07) is 4.75. The van der Waals surface area contributed by atoms with Crippen molar-refractivity contribution in [3.05, 3.63) is 18.2 Å². The zero-order chi connectivity index (χ0) is 12.6. The number of hydrogen-bond donors (Lipinski definition) is 3. The molecule has 7 heteroatoms. The zero-order valence-corrected chi connectivity index (χ0v) is 10.4. The highest BCUT2D eigenvalue weighted by Gasteiger charge is 2.25. The Kier molecular flexibility index (Phi) is 2.70. The fourth-order valence-corrected chi connectivity index (χ4v) is 2.63. The fourth-order valence-electron chi connectivity index (χ4n) is 1.51. The van der Waals surface area contributed by atoms with Crippen LogP contribution in [0, 0.1) is 0 Å². The molecule has 0 bridgehead atoms. The third-order valence-electron chi connectivity index (χ3n) is 2.17. The molecule has 0 aliphatic carbocycles. The largest absolute Gasteiger partial charge is 0.399 e. The number of fused-ring (bicyclic) bond motifs is 1. The summed E-state index contributed by atoms with van der Waals surface area (Å²) >= 11 is 0. The summed E-state index contributed by atoms with van der Waals surface area (Å²) in [6.07, 6.45) is 0. The van der Waals surface area contributed by atoms with Gasteiger partial charge in [0.15, 0.2) is 0 Å². The summed E-state index contributed by atoms with van der Waals surface area (Å²) in [7, 11) is -3.68. The number of nitrogens with two attached hydrogens (primary N) is 1. The van der Waals surface area contributed by atoms with E-state index in [0.717, 1.165) is 0 Å². The molecule has 0 saturated heterocycles. The van der Waals surface area contributed by atoms with Crippen LogP contribution in [-0.4, -0.2) is 20.4 Å². The minimum Gasteiger partial charge on any atom is -0.399 e. The summed E-state index contributed by atoms with van der Waals surface area (Å²) in [4.78, 5) is 0.104. The number of hydrogen-bond acceptors (Lipinski definition) is 5. The van der Waals surface area contributed by atoms with Crippen molar-refractivity contribution in [2.45, 2.75) is 24.8 Å². The molecule has 92 valence electrons. The fraction of sp³-hybridized carbons (Fsp3) is 0.300. The van der Waals surface area contributed by atoms with Gasteiger partial charge in [-0.1, -0.05) is 0 Å². The number of nitrogens with one attached hydrogen (secondary N) is 2. The first-order chi connectivity index (χ1) is 7.88. The predicted octanol–water partition coefficient (Wildman–Crippen LogP) is 0.737. The van der Waals surface area contributed by atoms with Crippen molar-refractivity contribution in [3.8, 4) is 0 Å². The van der Waals surface area contributed by atoms with E-state index in [-0.39, 0.29) is 16.9 Å². The van der Waals surface area contributed by atoms with E-state index in [2.05, 4.69) is 15.0 Å². The van der Waals surface area contributed by atoms with Crippen LogP contribution in [0.4, 0.5) is 11.4 Å². The van der Waals surface area contributed by atoms with E-state index in [4.69, 9.17) is 5.73 Å². The Balaban J connectivity index is 2.47. The summed E-state index contributed by atoms with van der Waals surface area (Å²) in [5.74, 6) is 0.234. The van der Waals surface area contributed by atoms with Gasteiger partial charge in [-0.25, -0.2) is 0 Å². The molecule has 0 fully saturated rings. The summed E-state index contributed by atoms with van der Waals surface area (Å²) in [5, 5.41) is 5.84. The molecule has 0 radical (unpaired) electrons. The number of sulfonamides is 1. The van der Waals surface area contributed by atoms with Crippen LogP contribution in [-0.2, 0) is 10.0 Å². The molecule has 1 aliphatic rings. The van der Waals surface area contributed by atoms with Crippen molar-refractivity contribution in [3.63, 3.8) is 0 Å². The van der Waals surface area contributed by atoms with Gasteiger partial charge in [-0.2, -0.15) is 8.42 Å². The van der Waals surface area contributed by atoms with E-state index in [1.807, 2.05) is 13.8 Å². The van der Waals surface area contributed by atoms with Crippen LogP contribution < -0.4 is 16.4 Å². The monoisotopic (exact) mass is 254 g/mol. The van der Waals surface area contributed by atoms with Gasteiger partial charge in [0.2, 0.25) is 5.96 Å². The molecule has 6 nitrogen and oxygen atoms in total. The second-order valence-corrected chi connectivity index (χ2v) is 5.67. The topological polar surface area (TPSA) is 96.6 Å². The molecule has 1 aliphatic heterocycles. The SMILES string of the molecule is CC(C)NC1=NS(=O)(=O)c2cc(N)ccc2N1. The van der Waals surface area contributed by atoms with Crippen LogP contribution in [0.5, 0.6) is 0 Å². The predicted molar refractivity (Wildman–Crippen MR) is 67.4 cm³/mol. The maximum atomic E-state index is 11.9.